The first-order valence-electron chi connectivity index (χ1n) is 8.59. The molecule has 6 heteroatoms. The molecule has 1 saturated heterocycles. The molecule has 1 unspecified atom stereocenters. The van der Waals surface area contributed by atoms with Crippen LogP contribution in [0.4, 0.5) is 0 Å². The fraction of sp³-hybridized carbons (Fsp3) is 0.611. The van der Waals surface area contributed by atoms with E-state index in [4.69, 9.17) is 9.73 Å². The van der Waals surface area contributed by atoms with Gasteiger partial charge in [-0.2, -0.15) is 11.8 Å². The first-order chi connectivity index (χ1) is 11.2. The maximum Gasteiger partial charge on any atom is 0.191 e. The minimum atomic E-state index is 0. The maximum atomic E-state index is 5.59. The van der Waals surface area contributed by atoms with Gasteiger partial charge in [-0.15, -0.1) is 24.0 Å². The number of nitrogens with one attached hydrogen (secondary N) is 2. The molecule has 0 saturated carbocycles. The Labute approximate surface area is 167 Å². The molecule has 0 aliphatic carbocycles. The molecule has 1 atom stereocenters. The van der Waals surface area contributed by atoms with Gasteiger partial charge in [-0.05, 0) is 56.6 Å². The van der Waals surface area contributed by atoms with Gasteiger partial charge in [0.25, 0.3) is 0 Å². The van der Waals surface area contributed by atoms with Crippen LogP contribution in [0.3, 0.4) is 0 Å². The van der Waals surface area contributed by atoms with Crippen LogP contribution in [0, 0.1) is 6.92 Å². The fourth-order valence-electron chi connectivity index (χ4n) is 2.66. The average Bonchev–Trinajstić information content (AvgIpc) is 3.06. The molecule has 2 N–H and O–H groups in total. The highest BCUT2D eigenvalue weighted by atomic mass is 127. The van der Waals surface area contributed by atoms with Crippen molar-refractivity contribution < 1.29 is 4.74 Å². The lowest BCUT2D eigenvalue weighted by Crippen LogP contribution is -2.40. The molecule has 0 radical (unpaired) electrons. The van der Waals surface area contributed by atoms with E-state index in [1.54, 1.807) is 0 Å². The lowest BCUT2D eigenvalue weighted by molar-refractivity contribution is 0.338. The molecular weight excluding hydrogens is 433 g/mol. The molecule has 0 spiro atoms. The Balaban J connectivity index is 0.00000288. The summed E-state index contributed by atoms with van der Waals surface area (Å²) in [7, 11) is 0. The summed E-state index contributed by atoms with van der Waals surface area (Å²) in [4.78, 5) is 4.71. The number of thioether (sulfide) groups is 1. The molecule has 1 aliphatic heterocycles. The van der Waals surface area contributed by atoms with E-state index in [1.807, 2.05) is 13.0 Å². The number of halogens is 1. The summed E-state index contributed by atoms with van der Waals surface area (Å²) in [6.07, 6.45) is 2.66. The maximum absolute atomic E-state index is 5.59. The Morgan fingerprint density at radius 2 is 2.17 bits per heavy atom. The number of hydrogen-bond acceptors (Lipinski definition) is 3. The van der Waals surface area contributed by atoms with Crippen molar-refractivity contribution in [1.82, 2.24) is 10.6 Å². The van der Waals surface area contributed by atoms with E-state index < -0.39 is 0 Å². The van der Waals surface area contributed by atoms with E-state index in [9.17, 15) is 0 Å². The zero-order chi connectivity index (χ0) is 16.5. The van der Waals surface area contributed by atoms with Crippen molar-refractivity contribution in [3.8, 4) is 5.75 Å². The Bertz CT molecular complexity index is 519. The fourth-order valence-corrected chi connectivity index (χ4v) is 3.86. The third kappa shape index (κ3) is 7.09. The zero-order valence-electron chi connectivity index (χ0n) is 14.9. The van der Waals surface area contributed by atoms with Crippen LogP contribution in [0.1, 0.15) is 37.8 Å². The number of ether oxygens (including phenoxy) is 1. The molecule has 1 aromatic carbocycles. The molecule has 1 aromatic rings. The summed E-state index contributed by atoms with van der Waals surface area (Å²) in [5.41, 5.74) is 2.37. The highest BCUT2D eigenvalue weighted by molar-refractivity contribution is 14.0. The molecule has 2 rings (SSSR count). The Hall–Kier alpha value is -0.630. The summed E-state index contributed by atoms with van der Waals surface area (Å²) in [6.45, 7) is 9.45. The predicted octanol–water partition coefficient (Wildman–Crippen LogP) is 3.96. The van der Waals surface area contributed by atoms with Gasteiger partial charge >= 0.3 is 0 Å². The van der Waals surface area contributed by atoms with E-state index in [-0.39, 0.29) is 24.0 Å². The Morgan fingerprint density at radius 3 is 2.79 bits per heavy atom. The van der Waals surface area contributed by atoms with Crippen molar-refractivity contribution in [2.45, 2.75) is 45.4 Å². The first kappa shape index (κ1) is 21.4. The predicted molar refractivity (Wildman–Crippen MR) is 116 cm³/mol. The van der Waals surface area contributed by atoms with Gasteiger partial charge in [0, 0.05) is 18.3 Å². The van der Waals surface area contributed by atoms with Crippen molar-refractivity contribution >= 4 is 41.7 Å². The number of aryl methyl sites for hydroxylation is 1. The molecular formula is C18H30IN3OS. The van der Waals surface area contributed by atoms with Gasteiger partial charge in [-0.3, -0.25) is 0 Å². The molecule has 0 bridgehead atoms. The highest BCUT2D eigenvalue weighted by Gasteiger charge is 2.15. The molecule has 0 amide bonds. The minimum absolute atomic E-state index is 0. The number of hydrogen-bond donors (Lipinski definition) is 2. The van der Waals surface area contributed by atoms with Crippen LogP contribution in [0.2, 0.25) is 0 Å². The van der Waals surface area contributed by atoms with Crippen molar-refractivity contribution in [3.63, 3.8) is 0 Å². The quantitative estimate of drug-likeness (QED) is 0.365. The van der Waals surface area contributed by atoms with Gasteiger partial charge in [0.1, 0.15) is 5.75 Å². The summed E-state index contributed by atoms with van der Waals surface area (Å²) in [6, 6.07) is 6.29. The second-order valence-electron chi connectivity index (χ2n) is 5.74. The van der Waals surface area contributed by atoms with E-state index >= 15 is 0 Å². The topological polar surface area (TPSA) is 45.7 Å². The number of benzene rings is 1. The van der Waals surface area contributed by atoms with Crippen LogP contribution in [-0.4, -0.2) is 36.7 Å². The second kappa shape index (κ2) is 11.8. The third-order valence-corrected chi connectivity index (χ3v) is 5.22. The summed E-state index contributed by atoms with van der Waals surface area (Å²) < 4.78 is 5.59. The summed E-state index contributed by atoms with van der Waals surface area (Å²) >= 11 is 2.07. The number of nitrogens with zero attached hydrogens (tertiary/aromatic N) is 1. The van der Waals surface area contributed by atoms with Crippen LogP contribution in [-0.2, 0) is 6.54 Å². The van der Waals surface area contributed by atoms with Crippen LogP contribution in [0.15, 0.2) is 23.2 Å². The molecule has 1 heterocycles. The van der Waals surface area contributed by atoms with Crippen LogP contribution in [0.5, 0.6) is 5.75 Å². The van der Waals surface area contributed by atoms with Crippen molar-refractivity contribution in [2.24, 2.45) is 4.99 Å². The highest BCUT2D eigenvalue weighted by Crippen LogP contribution is 2.25. The molecule has 1 aliphatic rings. The van der Waals surface area contributed by atoms with E-state index in [1.165, 1.54) is 29.7 Å². The summed E-state index contributed by atoms with van der Waals surface area (Å²) in [5, 5.41) is 7.53. The normalized spacial score (nSPS) is 17.3. The number of rotatable bonds is 7. The Kier molecular flexibility index (Phi) is 10.6. The van der Waals surface area contributed by atoms with Gasteiger partial charge in [0.05, 0.1) is 13.2 Å². The van der Waals surface area contributed by atoms with Crippen molar-refractivity contribution in [3.05, 3.63) is 29.3 Å². The number of guanidine groups is 1. The summed E-state index contributed by atoms with van der Waals surface area (Å²) in [5.74, 6) is 3.17. The average molecular weight is 463 g/mol. The standard InChI is InChI=1S/C18H29N3OS.HI/c1-4-19-18(21-13-16-7-6-10-23-16)20-12-15-8-9-17(22-5-2)14(3)11-15;/h8-9,11,16H,4-7,10,12-13H2,1-3H3,(H2,19,20,21);1H. The van der Waals surface area contributed by atoms with Gasteiger partial charge < -0.3 is 15.4 Å². The van der Waals surface area contributed by atoms with Crippen molar-refractivity contribution in [1.29, 1.82) is 0 Å². The van der Waals surface area contributed by atoms with Gasteiger partial charge in [0.15, 0.2) is 5.96 Å². The van der Waals surface area contributed by atoms with Crippen molar-refractivity contribution in [2.75, 3.05) is 25.4 Å². The molecule has 4 nitrogen and oxygen atoms in total. The van der Waals surface area contributed by atoms with E-state index in [0.717, 1.165) is 30.0 Å². The lowest BCUT2D eigenvalue weighted by Gasteiger charge is -2.14. The molecule has 1 fully saturated rings. The van der Waals surface area contributed by atoms with Gasteiger partial charge in [0.2, 0.25) is 0 Å². The monoisotopic (exact) mass is 463 g/mol. The third-order valence-electron chi connectivity index (χ3n) is 3.82. The van der Waals surface area contributed by atoms with E-state index in [2.05, 4.69) is 48.4 Å². The first-order valence-corrected chi connectivity index (χ1v) is 9.64. The molecule has 24 heavy (non-hydrogen) atoms. The van der Waals surface area contributed by atoms with Crippen LogP contribution in [0.25, 0.3) is 0 Å². The zero-order valence-corrected chi connectivity index (χ0v) is 18.1. The second-order valence-corrected chi connectivity index (χ2v) is 7.15. The Morgan fingerprint density at radius 1 is 1.33 bits per heavy atom. The van der Waals surface area contributed by atoms with E-state index in [0.29, 0.717) is 13.2 Å². The van der Waals surface area contributed by atoms with Crippen LogP contribution >= 0.6 is 35.7 Å². The minimum Gasteiger partial charge on any atom is -0.494 e. The largest absolute Gasteiger partial charge is 0.494 e. The molecule has 0 aromatic heterocycles. The smallest absolute Gasteiger partial charge is 0.191 e. The van der Waals surface area contributed by atoms with Gasteiger partial charge in [-0.1, -0.05) is 12.1 Å². The van der Waals surface area contributed by atoms with Gasteiger partial charge in [-0.25, -0.2) is 4.99 Å². The lowest BCUT2D eigenvalue weighted by atomic mass is 10.1. The number of aliphatic imine (C=N–C) groups is 1. The molecule has 136 valence electrons. The SMILES string of the molecule is CCNC(=NCc1ccc(OCC)c(C)c1)NCC1CCCS1.I. The van der Waals surface area contributed by atoms with Crippen LogP contribution < -0.4 is 15.4 Å².